The van der Waals surface area contributed by atoms with Gasteiger partial charge in [0.15, 0.2) is 0 Å². The van der Waals surface area contributed by atoms with Gasteiger partial charge in [0.25, 0.3) is 5.91 Å². The highest BCUT2D eigenvalue weighted by Crippen LogP contribution is 2.24. The number of nitrogens with one attached hydrogen (secondary N) is 1. The van der Waals surface area contributed by atoms with Crippen LogP contribution in [-0.4, -0.2) is 28.3 Å². The maximum Gasteiger partial charge on any atom is 0.269 e. The zero-order chi connectivity index (χ0) is 10.8. The van der Waals surface area contributed by atoms with E-state index in [-0.39, 0.29) is 5.91 Å². The molecule has 5 heteroatoms. The van der Waals surface area contributed by atoms with Crippen molar-refractivity contribution in [1.82, 2.24) is 15.1 Å². The van der Waals surface area contributed by atoms with E-state index in [0.29, 0.717) is 17.7 Å². The van der Waals surface area contributed by atoms with Crippen LogP contribution < -0.4 is 11.1 Å². The van der Waals surface area contributed by atoms with Crippen molar-refractivity contribution in [2.24, 2.45) is 18.7 Å². The van der Waals surface area contributed by atoms with Crippen LogP contribution in [0, 0.1) is 5.92 Å². The Kier molecular flexibility index (Phi) is 2.73. The first-order valence-electron chi connectivity index (χ1n) is 5.18. The van der Waals surface area contributed by atoms with E-state index in [0.717, 1.165) is 19.4 Å². The molecule has 1 saturated carbocycles. The van der Waals surface area contributed by atoms with Crippen molar-refractivity contribution < 1.29 is 4.79 Å². The third kappa shape index (κ3) is 2.18. The van der Waals surface area contributed by atoms with E-state index in [9.17, 15) is 4.79 Å². The quantitative estimate of drug-likeness (QED) is 0.727. The number of amides is 1. The van der Waals surface area contributed by atoms with Crippen LogP contribution in [0.1, 0.15) is 23.3 Å². The average Bonchev–Trinajstić information content (AvgIpc) is 2.57. The molecule has 0 bridgehead atoms. The fourth-order valence-electron chi connectivity index (χ4n) is 1.88. The van der Waals surface area contributed by atoms with Gasteiger partial charge in [-0.2, -0.15) is 5.10 Å². The lowest BCUT2D eigenvalue weighted by Gasteiger charge is -2.32. The molecule has 3 N–H and O–H groups in total. The van der Waals surface area contributed by atoms with Crippen molar-refractivity contribution in [3.8, 4) is 0 Å². The largest absolute Gasteiger partial charge is 0.350 e. The molecule has 2 rings (SSSR count). The molecule has 0 spiro atoms. The summed E-state index contributed by atoms with van der Waals surface area (Å²) in [6, 6.07) is 2.05. The number of carbonyl (C=O) groups excluding carboxylic acids is 1. The van der Waals surface area contributed by atoms with Gasteiger partial charge in [-0.1, -0.05) is 0 Å². The van der Waals surface area contributed by atoms with Crippen molar-refractivity contribution in [3.05, 3.63) is 18.0 Å². The lowest BCUT2D eigenvalue weighted by Crippen LogP contribution is -2.42. The zero-order valence-corrected chi connectivity index (χ0v) is 8.81. The van der Waals surface area contributed by atoms with Crippen molar-refractivity contribution in [3.63, 3.8) is 0 Å². The van der Waals surface area contributed by atoms with Crippen molar-refractivity contribution in [1.29, 1.82) is 0 Å². The predicted molar refractivity (Wildman–Crippen MR) is 56.2 cm³/mol. The molecule has 0 aromatic carbocycles. The van der Waals surface area contributed by atoms with Crippen molar-refractivity contribution in [2.45, 2.75) is 18.9 Å². The molecular formula is C10H16N4O. The molecule has 5 nitrogen and oxygen atoms in total. The Morgan fingerprint density at radius 2 is 2.47 bits per heavy atom. The summed E-state index contributed by atoms with van der Waals surface area (Å²) in [5, 5.41) is 6.84. The van der Waals surface area contributed by atoms with Crippen LogP contribution in [0.3, 0.4) is 0 Å². The standard InChI is InChI=1S/C10H16N4O/c1-14-9(2-3-13-14)10(15)12-6-7-4-8(11)5-7/h2-3,7-8H,4-6,11H2,1H3,(H,12,15). The van der Waals surface area contributed by atoms with Crippen molar-refractivity contribution in [2.75, 3.05) is 6.54 Å². The van der Waals surface area contributed by atoms with Crippen molar-refractivity contribution >= 4 is 5.91 Å². The number of nitrogens with zero attached hydrogens (tertiary/aromatic N) is 2. The number of rotatable bonds is 3. The van der Waals surface area contributed by atoms with Gasteiger partial charge in [0.2, 0.25) is 0 Å². The lowest BCUT2D eigenvalue weighted by molar-refractivity contribution is 0.0926. The van der Waals surface area contributed by atoms with Crippen LogP contribution in [0.2, 0.25) is 0 Å². The fourth-order valence-corrected chi connectivity index (χ4v) is 1.88. The molecule has 1 fully saturated rings. The molecule has 1 aromatic rings. The van der Waals surface area contributed by atoms with E-state index >= 15 is 0 Å². The minimum Gasteiger partial charge on any atom is -0.350 e. The van der Waals surface area contributed by atoms with Crippen LogP contribution in [-0.2, 0) is 7.05 Å². The van der Waals surface area contributed by atoms with Gasteiger partial charge in [0.05, 0.1) is 0 Å². The van der Waals surface area contributed by atoms with Crippen LogP contribution in [0.15, 0.2) is 12.3 Å². The second kappa shape index (κ2) is 4.02. The Bertz CT molecular complexity index is 354. The van der Waals surface area contributed by atoms with Gasteiger partial charge in [0, 0.05) is 25.8 Å². The lowest BCUT2D eigenvalue weighted by atomic mass is 9.81. The van der Waals surface area contributed by atoms with Gasteiger partial charge < -0.3 is 11.1 Å². The van der Waals surface area contributed by atoms with E-state index < -0.39 is 0 Å². The van der Waals surface area contributed by atoms with Crippen LogP contribution >= 0.6 is 0 Å². The normalized spacial score (nSPS) is 24.7. The molecule has 15 heavy (non-hydrogen) atoms. The number of aromatic nitrogens is 2. The van der Waals surface area contributed by atoms with Crippen LogP contribution in [0.5, 0.6) is 0 Å². The minimum absolute atomic E-state index is 0.0597. The van der Waals surface area contributed by atoms with Gasteiger partial charge in [-0.05, 0) is 24.8 Å². The van der Waals surface area contributed by atoms with Gasteiger partial charge in [-0.3, -0.25) is 9.48 Å². The van der Waals surface area contributed by atoms with E-state index in [1.165, 1.54) is 0 Å². The summed E-state index contributed by atoms with van der Waals surface area (Å²) in [5.41, 5.74) is 6.26. The first-order chi connectivity index (χ1) is 7.16. The Hall–Kier alpha value is -1.36. The summed E-state index contributed by atoms with van der Waals surface area (Å²) >= 11 is 0. The highest BCUT2D eigenvalue weighted by molar-refractivity contribution is 5.92. The SMILES string of the molecule is Cn1nccc1C(=O)NCC1CC(N)C1. The number of nitrogens with two attached hydrogens (primary N) is 1. The molecule has 1 heterocycles. The third-order valence-corrected chi connectivity index (χ3v) is 2.88. The molecule has 1 aliphatic carbocycles. The maximum atomic E-state index is 11.6. The van der Waals surface area contributed by atoms with Crippen LogP contribution in [0.4, 0.5) is 0 Å². The van der Waals surface area contributed by atoms with Gasteiger partial charge in [0.1, 0.15) is 5.69 Å². The number of hydrogen-bond acceptors (Lipinski definition) is 3. The molecule has 0 saturated heterocycles. The highest BCUT2D eigenvalue weighted by atomic mass is 16.2. The fraction of sp³-hybridized carbons (Fsp3) is 0.600. The monoisotopic (exact) mass is 208 g/mol. The first-order valence-corrected chi connectivity index (χ1v) is 5.18. The molecule has 0 unspecified atom stereocenters. The summed E-state index contributed by atoms with van der Waals surface area (Å²) in [6.07, 6.45) is 3.66. The molecule has 0 radical (unpaired) electrons. The number of hydrogen-bond donors (Lipinski definition) is 2. The second-order valence-corrected chi connectivity index (χ2v) is 4.15. The molecule has 0 aliphatic heterocycles. The van der Waals surface area contributed by atoms with E-state index in [1.807, 2.05) is 0 Å². The average molecular weight is 208 g/mol. The number of aryl methyl sites for hydroxylation is 1. The smallest absolute Gasteiger partial charge is 0.269 e. The molecule has 0 atom stereocenters. The maximum absolute atomic E-state index is 11.6. The molecule has 82 valence electrons. The van der Waals surface area contributed by atoms with Gasteiger partial charge in [-0.25, -0.2) is 0 Å². The summed E-state index contributed by atoms with van der Waals surface area (Å²) < 4.78 is 1.57. The summed E-state index contributed by atoms with van der Waals surface area (Å²) in [6.45, 7) is 0.720. The Balaban J connectivity index is 1.80. The topological polar surface area (TPSA) is 72.9 Å². The Morgan fingerprint density at radius 1 is 1.73 bits per heavy atom. The second-order valence-electron chi connectivity index (χ2n) is 4.15. The minimum atomic E-state index is -0.0597. The third-order valence-electron chi connectivity index (χ3n) is 2.88. The molecule has 1 aliphatic rings. The zero-order valence-electron chi connectivity index (χ0n) is 8.81. The summed E-state index contributed by atoms with van der Waals surface area (Å²) in [5.74, 6) is 0.493. The summed E-state index contributed by atoms with van der Waals surface area (Å²) in [7, 11) is 1.76. The predicted octanol–water partition coefficient (Wildman–Crippen LogP) is -0.113. The van der Waals surface area contributed by atoms with Gasteiger partial charge in [-0.15, -0.1) is 0 Å². The van der Waals surface area contributed by atoms with E-state index in [2.05, 4.69) is 10.4 Å². The molecular weight excluding hydrogens is 192 g/mol. The Morgan fingerprint density at radius 3 is 3.00 bits per heavy atom. The van der Waals surface area contributed by atoms with E-state index in [1.54, 1.807) is 24.0 Å². The van der Waals surface area contributed by atoms with Crippen LogP contribution in [0.25, 0.3) is 0 Å². The highest BCUT2D eigenvalue weighted by Gasteiger charge is 2.26. The van der Waals surface area contributed by atoms with E-state index in [4.69, 9.17) is 5.73 Å². The first kappa shape index (κ1) is 10.2. The van der Waals surface area contributed by atoms with Gasteiger partial charge >= 0.3 is 0 Å². The molecule has 1 amide bonds. The Labute approximate surface area is 88.6 Å². The summed E-state index contributed by atoms with van der Waals surface area (Å²) in [4.78, 5) is 11.6. The number of carbonyl (C=O) groups is 1. The molecule has 1 aromatic heterocycles.